The summed E-state index contributed by atoms with van der Waals surface area (Å²) in [5.41, 5.74) is 1.35. The summed E-state index contributed by atoms with van der Waals surface area (Å²) in [5, 5.41) is 10.6. The number of ether oxygens (including phenoxy) is 1. The average Bonchev–Trinajstić information content (AvgIpc) is 2.49. The van der Waals surface area contributed by atoms with Crippen LogP contribution >= 0.6 is 11.6 Å². The molecule has 6 heteroatoms. The van der Waals surface area contributed by atoms with Crippen molar-refractivity contribution in [2.24, 2.45) is 0 Å². The maximum absolute atomic E-state index is 12.1. The number of nitrogens with zero attached hydrogens (tertiary/aromatic N) is 2. The van der Waals surface area contributed by atoms with Crippen LogP contribution in [-0.2, 0) is 12.0 Å². The van der Waals surface area contributed by atoms with Crippen molar-refractivity contribution in [3.05, 3.63) is 57.2 Å². The van der Waals surface area contributed by atoms with Gasteiger partial charge in [-0.25, -0.2) is 4.98 Å². The van der Waals surface area contributed by atoms with Gasteiger partial charge in [-0.1, -0.05) is 38.4 Å². The molecule has 1 aromatic carbocycles. The number of benzene rings is 1. The van der Waals surface area contributed by atoms with Crippen molar-refractivity contribution in [3.63, 3.8) is 0 Å². The zero-order valence-corrected chi connectivity index (χ0v) is 15.2. The number of aromatic nitrogens is 2. The lowest BCUT2D eigenvalue weighted by Crippen LogP contribution is -2.31. The normalized spacial score (nSPS) is 12.9. The zero-order chi connectivity index (χ0) is 17.9. The molecule has 1 unspecified atom stereocenters. The first-order chi connectivity index (χ1) is 11.2. The summed E-state index contributed by atoms with van der Waals surface area (Å²) in [7, 11) is 0. The lowest BCUT2D eigenvalue weighted by atomic mass is 9.92. The summed E-state index contributed by atoms with van der Waals surface area (Å²) >= 11 is 6.05. The summed E-state index contributed by atoms with van der Waals surface area (Å²) < 4.78 is 6.93. The highest BCUT2D eigenvalue weighted by atomic mass is 35.5. The molecule has 0 spiro atoms. The summed E-state index contributed by atoms with van der Waals surface area (Å²) in [4.78, 5) is 16.4. The van der Waals surface area contributed by atoms with E-state index in [1.165, 1.54) is 17.0 Å². The number of rotatable bonds is 5. The van der Waals surface area contributed by atoms with E-state index in [1.807, 2.05) is 33.8 Å². The van der Waals surface area contributed by atoms with E-state index in [0.717, 1.165) is 11.3 Å². The zero-order valence-electron chi connectivity index (χ0n) is 14.4. The number of hydrogen-bond donors (Lipinski definition) is 1. The van der Waals surface area contributed by atoms with Crippen LogP contribution in [0, 0.1) is 6.92 Å². The molecule has 0 saturated carbocycles. The summed E-state index contributed by atoms with van der Waals surface area (Å²) in [5.74, 6) is 0.518. The van der Waals surface area contributed by atoms with E-state index < -0.39 is 6.10 Å². The fraction of sp³-hybridized carbons (Fsp3) is 0.444. The SMILES string of the molecule is Cc1ccc(Cl)c(OCC(O)Cn2cnc(C(C)(C)C)cc2=O)c1. The molecule has 1 atom stereocenters. The second kappa shape index (κ2) is 7.36. The van der Waals surface area contributed by atoms with Crippen molar-refractivity contribution in [1.82, 2.24) is 9.55 Å². The quantitative estimate of drug-likeness (QED) is 0.900. The first-order valence-corrected chi connectivity index (χ1v) is 8.18. The van der Waals surface area contributed by atoms with E-state index in [2.05, 4.69) is 4.98 Å². The fourth-order valence-corrected chi connectivity index (χ4v) is 2.33. The van der Waals surface area contributed by atoms with Crippen molar-refractivity contribution in [2.45, 2.75) is 45.8 Å². The van der Waals surface area contributed by atoms with E-state index in [9.17, 15) is 9.90 Å². The van der Waals surface area contributed by atoms with Crippen LogP contribution in [0.25, 0.3) is 0 Å². The van der Waals surface area contributed by atoms with Gasteiger partial charge in [0, 0.05) is 11.5 Å². The molecule has 0 bridgehead atoms. The van der Waals surface area contributed by atoms with Gasteiger partial charge in [0.2, 0.25) is 0 Å². The van der Waals surface area contributed by atoms with Gasteiger partial charge in [-0.3, -0.25) is 9.36 Å². The Morgan fingerprint density at radius 2 is 2.04 bits per heavy atom. The number of halogens is 1. The summed E-state index contributed by atoms with van der Waals surface area (Å²) in [6, 6.07) is 6.94. The van der Waals surface area contributed by atoms with E-state index >= 15 is 0 Å². The highest BCUT2D eigenvalue weighted by Gasteiger charge is 2.17. The van der Waals surface area contributed by atoms with Gasteiger partial charge in [-0.05, 0) is 24.6 Å². The molecular weight excluding hydrogens is 328 g/mol. The van der Waals surface area contributed by atoms with Crippen LogP contribution in [0.4, 0.5) is 0 Å². The predicted octanol–water partition coefficient (Wildman–Crippen LogP) is 2.94. The minimum Gasteiger partial charge on any atom is -0.489 e. The summed E-state index contributed by atoms with van der Waals surface area (Å²) in [6.07, 6.45) is 0.618. The van der Waals surface area contributed by atoms with Gasteiger partial charge >= 0.3 is 0 Å². The molecule has 130 valence electrons. The molecular formula is C18H23ClN2O3. The Bertz CT molecular complexity index is 766. The van der Waals surface area contributed by atoms with Crippen molar-refractivity contribution in [3.8, 4) is 5.75 Å². The highest BCUT2D eigenvalue weighted by molar-refractivity contribution is 6.32. The van der Waals surface area contributed by atoms with Crippen molar-refractivity contribution in [1.29, 1.82) is 0 Å². The van der Waals surface area contributed by atoms with Crippen molar-refractivity contribution >= 4 is 11.6 Å². The van der Waals surface area contributed by atoms with Gasteiger partial charge in [0.1, 0.15) is 18.5 Å². The van der Waals surface area contributed by atoms with Gasteiger partial charge in [0.05, 0.1) is 23.6 Å². The lowest BCUT2D eigenvalue weighted by Gasteiger charge is -2.19. The Morgan fingerprint density at radius 1 is 1.33 bits per heavy atom. The largest absolute Gasteiger partial charge is 0.489 e. The number of aryl methyl sites for hydroxylation is 1. The first-order valence-electron chi connectivity index (χ1n) is 7.81. The van der Waals surface area contributed by atoms with Gasteiger partial charge in [0.15, 0.2) is 0 Å². The molecule has 0 aliphatic rings. The average molecular weight is 351 g/mol. The Labute approximate surface area is 146 Å². The minimum atomic E-state index is -0.846. The first kappa shape index (κ1) is 18.5. The Hall–Kier alpha value is -1.85. The van der Waals surface area contributed by atoms with Crippen molar-refractivity contribution < 1.29 is 9.84 Å². The van der Waals surface area contributed by atoms with Crippen LogP contribution in [0.5, 0.6) is 5.75 Å². The highest BCUT2D eigenvalue weighted by Crippen LogP contribution is 2.25. The predicted molar refractivity (Wildman–Crippen MR) is 94.9 cm³/mol. The van der Waals surface area contributed by atoms with E-state index in [4.69, 9.17) is 16.3 Å². The maximum Gasteiger partial charge on any atom is 0.253 e. The van der Waals surface area contributed by atoms with Gasteiger partial charge < -0.3 is 9.84 Å². The molecule has 1 heterocycles. The van der Waals surface area contributed by atoms with Crippen LogP contribution in [0.2, 0.25) is 5.02 Å². The Kier molecular flexibility index (Phi) is 5.67. The van der Waals surface area contributed by atoms with Gasteiger partial charge in [0.25, 0.3) is 5.56 Å². The van der Waals surface area contributed by atoms with Gasteiger partial charge in [-0.2, -0.15) is 0 Å². The molecule has 0 fully saturated rings. The van der Waals surface area contributed by atoms with Crippen LogP contribution in [0.15, 0.2) is 35.4 Å². The molecule has 1 aromatic heterocycles. The second-order valence-electron chi connectivity index (χ2n) is 6.91. The second-order valence-corrected chi connectivity index (χ2v) is 7.32. The summed E-state index contributed by atoms with van der Waals surface area (Å²) in [6.45, 7) is 8.06. The van der Waals surface area contributed by atoms with E-state index in [1.54, 1.807) is 12.1 Å². The standard InChI is InChI=1S/C18H23ClN2O3/c1-12-5-6-14(19)15(7-12)24-10-13(22)9-21-11-20-16(8-17(21)23)18(2,3)4/h5-8,11,13,22H,9-10H2,1-4H3. The monoisotopic (exact) mass is 350 g/mol. The van der Waals surface area contributed by atoms with E-state index in [-0.39, 0.29) is 24.1 Å². The fourth-order valence-electron chi connectivity index (χ4n) is 2.16. The number of aliphatic hydroxyl groups excluding tert-OH is 1. The molecule has 2 rings (SSSR count). The third kappa shape index (κ3) is 4.82. The molecule has 0 amide bonds. The molecule has 2 aromatic rings. The Balaban J connectivity index is 2.01. The molecule has 24 heavy (non-hydrogen) atoms. The molecule has 5 nitrogen and oxygen atoms in total. The number of hydrogen-bond acceptors (Lipinski definition) is 4. The molecule has 1 N–H and O–H groups in total. The van der Waals surface area contributed by atoms with Crippen molar-refractivity contribution in [2.75, 3.05) is 6.61 Å². The molecule has 0 radical (unpaired) electrons. The molecule has 0 aliphatic carbocycles. The lowest BCUT2D eigenvalue weighted by molar-refractivity contribution is 0.0913. The van der Waals surface area contributed by atoms with Crippen LogP contribution in [0.3, 0.4) is 0 Å². The van der Waals surface area contributed by atoms with Gasteiger partial charge in [-0.15, -0.1) is 0 Å². The third-order valence-corrected chi connectivity index (χ3v) is 3.89. The molecule has 0 saturated heterocycles. The van der Waals surface area contributed by atoms with Crippen LogP contribution in [-0.4, -0.2) is 27.4 Å². The number of aliphatic hydroxyl groups is 1. The van der Waals surface area contributed by atoms with E-state index in [0.29, 0.717) is 10.8 Å². The third-order valence-electron chi connectivity index (χ3n) is 3.57. The molecule has 0 aliphatic heterocycles. The van der Waals surface area contributed by atoms with Crippen LogP contribution in [0.1, 0.15) is 32.0 Å². The Morgan fingerprint density at radius 3 is 2.67 bits per heavy atom. The minimum absolute atomic E-state index is 0.0383. The topological polar surface area (TPSA) is 64.3 Å². The smallest absolute Gasteiger partial charge is 0.253 e. The van der Waals surface area contributed by atoms with Crippen LogP contribution < -0.4 is 10.3 Å². The maximum atomic E-state index is 12.1.